The number of nitrogens with one attached hydrogen (secondary N) is 1. The van der Waals surface area contributed by atoms with Crippen LogP contribution in [0.4, 0.5) is 0 Å². The van der Waals surface area contributed by atoms with Crippen LogP contribution in [0.25, 0.3) is 0 Å². The van der Waals surface area contributed by atoms with Crippen molar-refractivity contribution in [2.45, 2.75) is 19.4 Å². The van der Waals surface area contributed by atoms with Gasteiger partial charge in [0.2, 0.25) is 5.91 Å². The molecule has 0 saturated heterocycles. The van der Waals surface area contributed by atoms with Gasteiger partial charge in [0, 0.05) is 12.7 Å². The average Bonchev–Trinajstić information content (AvgIpc) is 1.96. The second-order valence-corrected chi connectivity index (χ2v) is 3.38. The predicted octanol–water partition coefficient (Wildman–Crippen LogP) is -8.48. The molecule has 0 saturated carbocycles. The molecule has 0 aromatic rings. The van der Waals surface area contributed by atoms with Crippen LogP contribution in [0, 0.1) is 0 Å². The number of carboxylic acids is 1. The van der Waals surface area contributed by atoms with E-state index in [1.54, 1.807) is 0 Å². The summed E-state index contributed by atoms with van der Waals surface area (Å²) < 4.78 is 20.2. The number of hydrogen-bond acceptors (Lipinski definition) is 5. The molecule has 0 fully saturated rings. The molecule has 0 spiro atoms. The van der Waals surface area contributed by atoms with Gasteiger partial charge in [0.1, 0.15) is 0 Å². The number of amides is 1. The fraction of sp³-hybridized carbons (Fsp3) is 0.667. The molecule has 1 amide bonds. The van der Waals surface area contributed by atoms with Crippen LogP contribution in [-0.2, 0) is 20.7 Å². The van der Waals surface area contributed by atoms with E-state index in [2.05, 4.69) is 5.32 Å². The molecule has 2 atom stereocenters. The van der Waals surface area contributed by atoms with Crippen molar-refractivity contribution in [1.82, 2.24) is 5.32 Å². The van der Waals surface area contributed by atoms with E-state index >= 15 is 0 Å². The number of carbonyl (C=O) groups excluding carboxylic acids is 2. The Morgan fingerprint density at radius 1 is 1.40 bits per heavy atom. The third-order valence-corrected chi connectivity index (χ3v) is 1.80. The van der Waals surface area contributed by atoms with Gasteiger partial charge in [-0.1, -0.05) is 11.1 Å². The molecule has 2 unspecified atom stereocenters. The van der Waals surface area contributed by atoms with Crippen LogP contribution >= 0.6 is 0 Å². The van der Waals surface area contributed by atoms with E-state index in [4.69, 9.17) is 0 Å². The molecule has 0 aromatic heterocycles. The summed E-state index contributed by atoms with van der Waals surface area (Å²) in [6, 6.07) is -1.24. The quantitative estimate of drug-likeness (QED) is 0.366. The standard InChI is InChI=1S/C6H11NO5S.2Li/c1-4(8)7-5(6(9)10)2-3-13(11)12;;/h5H,2-3H2,1H3,(H,7,8)(H,9,10)(H,11,12);;/q;2*+1/p-2. The zero-order valence-corrected chi connectivity index (χ0v) is 9.76. The maximum atomic E-state index is 10.4. The normalized spacial score (nSPS) is 12.7. The summed E-state index contributed by atoms with van der Waals surface area (Å²) in [7, 11) is 0. The van der Waals surface area contributed by atoms with Gasteiger partial charge in [-0.05, 0) is 6.42 Å². The van der Waals surface area contributed by atoms with Crippen molar-refractivity contribution in [2.24, 2.45) is 0 Å². The largest absolute Gasteiger partial charge is 1.00 e. The Labute approximate surface area is 114 Å². The Kier molecular flexibility index (Phi) is 14.8. The van der Waals surface area contributed by atoms with Crippen LogP contribution in [-0.4, -0.2) is 32.4 Å². The zero-order chi connectivity index (χ0) is 10.4. The molecular formula is C6H9Li2NO5S. The minimum atomic E-state index is -2.31. The van der Waals surface area contributed by atoms with Crippen molar-refractivity contribution >= 4 is 23.0 Å². The Morgan fingerprint density at radius 2 is 1.87 bits per heavy atom. The fourth-order valence-corrected chi connectivity index (χ4v) is 1.14. The number of aliphatic carboxylic acids is 1. The number of carbonyl (C=O) groups is 2. The van der Waals surface area contributed by atoms with Crippen molar-refractivity contribution in [2.75, 3.05) is 5.75 Å². The summed E-state index contributed by atoms with van der Waals surface area (Å²) in [5.41, 5.74) is 0. The molecule has 0 aliphatic heterocycles. The third kappa shape index (κ3) is 12.2. The SMILES string of the molecule is CC(=O)NC(CCS(=O)[O-])C(=O)[O-].[Li+].[Li+]. The Hall–Kier alpha value is 0.245. The van der Waals surface area contributed by atoms with Gasteiger partial charge in [-0.15, -0.1) is 0 Å². The summed E-state index contributed by atoms with van der Waals surface area (Å²) in [5.74, 6) is -2.34. The molecule has 0 aliphatic rings. The van der Waals surface area contributed by atoms with Gasteiger partial charge in [-0.25, -0.2) is 0 Å². The Bertz CT molecular complexity index is 238. The van der Waals surface area contributed by atoms with E-state index in [0.717, 1.165) is 6.92 Å². The molecule has 0 rings (SSSR count). The topological polar surface area (TPSA) is 109 Å². The first-order valence-electron chi connectivity index (χ1n) is 3.47. The molecule has 15 heavy (non-hydrogen) atoms. The van der Waals surface area contributed by atoms with E-state index in [1.165, 1.54) is 0 Å². The van der Waals surface area contributed by atoms with Gasteiger partial charge in [0.05, 0.1) is 12.0 Å². The summed E-state index contributed by atoms with van der Waals surface area (Å²) in [6.45, 7) is 1.14. The van der Waals surface area contributed by atoms with E-state index in [0.29, 0.717) is 0 Å². The Balaban J connectivity index is -0.000000720. The molecule has 76 valence electrons. The van der Waals surface area contributed by atoms with Crippen LogP contribution in [0.2, 0.25) is 0 Å². The van der Waals surface area contributed by atoms with Gasteiger partial charge < -0.3 is 19.8 Å². The molecule has 0 bridgehead atoms. The summed E-state index contributed by atoms with van der Waals surface area (Å²) >= 11 is -2.31. The molecule has 0 radical (unpaired) electrons. The smallest absolute Gasteiger partial charge is 0.772 e. The van der Waals surface area contributed by atoms with Gasteiger partial charge in [0.25, 0.3) is 0 Å². The van der Waals surface area contributed by atoms with E-state index in [9.17, 15) is 23.5 Å². The molecule has 6 nitrogen and oxygen atoms in total. The molecule has 0 aromatic carbocycles. The maximum Gasteiger partial charge on any atom is 1.00 e. The van der Waals surface area contributed by atoms with Gasteiger partial charge in [-0.2, -0.15) is 0 Å². The minimum Gasteiger partial charge on any atom is -0.772 e. The first-order valence-corrected chi connectivity index (χ1v) is 4.71. The predicted molar refractivity (Wildman–Crippen MR) is 41.0 cm³/mol. The monoisotopic (exact) mass is 221 g/mol. The summed E-state index contributed by atoms with van der Waals surface area (Å²) in [5, 5.41) is 12.4. The number of carboxylic acid groups (broad SMARTS) is 1. The van der Waals surface area contributed by atoms with Gasteiger partial charge in [0.15, 0.2) is 0 Å². The summed E-state index contributed by atoms with van der Waals surface area (Å²) in [4.78, 5) is 20.8. The first kappa shape index (κ1) is 20.6. The van der Waals surface area contributed by atoms with Gasteiger partial charge >= 0.3 is 37.7 Å². The van der Waals surface area contributed by atoms with E-state index < -0.39 is 29.0 Å². The molecule has 0 heterocycles. The van der Waals surface area contributed by atoms with Crippen molar-refractivity contribution in [3.05, 3.63) is 0 Å². The van der Waals surface area contributed by atoms with Crippen LogP contribution in [0.5, 0.6) is 0 Å². The molecular weight excluding hydrogens is 212 g/mol. The molecule has 1 N–H and O–H groups in total. The zero-order valence-electron chi connectivity index (χ0n) is 8.94. The maximum absolute atomic E-state index is 10.4. The number of rotatable bonds is 5. The number of hydrogen-bond donors (Lipinski definition) is 1. The van der Waals surface area contributed by atoms with Crippen LogP contribution in [0.1, 0.15) is 13.3 Å². The second-order valence-electron chi connectivity index (χ2n) is 2.37. The molecule has 0 aliphatic carbocycles. The van der Waals surface area contributed by atoms with Crippen LogP contribution in [0.15, 0.2) is 0 Å². The van der Waals surface area contributed by atoms with Gasteiger partial charge in [-0.3, -0.25) is 9.00 Å². The first-order chi connectivity index (χ1) is 5.93. The van der Waals surface area contributed by atoms with E-state index in [1.807, 2.05) is 0 Å². The second kappa shape index (κ2) is 10.8. The van der Waals surface area contributed by atoms with Crippen molar-refractivity contribution < 1.29 is 61.2 Å². The average molecular weight is 221 g/mol. The summed E-state index contributed by atoms with van der Waals surface area (Å²) in [6.07, 6.45) is -0.183. The Morgan fingerprint density at radius 3 is 2.13 bits per heavy atom. The van der Waals surface area contributed by atoms with Crippen molar-refractivity contribution in [3.63, 3.8) is 0 Å². The van der Waals surface area contributed by atoms with Crippen LogP contribution < -0.4 is 48.1 Å². The minimum absolute atomic E-state index is 0. The third-order valence-electron chi connectivity index (χ3n) is 1.24. The fourth-order valence-electron chi connectivity index (χ4n) is 0.708. The van der Waals surface area contributed by atoms with Crippen molar-refractivity contribution in [3.8, 4) is 0 Å². The van der Waals surface area contributed by atoms with Crippen molar-refractivity contribution in [1.29, 1.82) is 0 Å². The van der Waals surface area contributed by atoms with Crippen LogP contribution in [0.3, 0.4) is 0 Å². The molecule has 9 heteroatoms. The van der Waals surface area contributed by atoms with E-state index in [-0.39, 0.29) is 49.9 Å².